The predicted octanol–water partition coefficient (Wildman–Crippen LogP) is 2.15. The second-order valence-electron chi connectivity index (χ2n) is 5.23. The smallest absolute Gasteiger partial charge is 0.255 e. The first-order chi connectivity index (χ1) is 10.3. The minimum atomic E-state index is -0.532. The maximum Gasteiger partial charge on any atom is 0.255 e. The van der Waals surface area contributed by atoms with Gasteiger partial charge in [0.05, 0.1) is 11.1 Å². The molecule has 0 aromatic carbocycles. The van der Waals surface area contributed by atoms with Crippen molar-refractivity contribution in [3.8, 4) is 0 Å². The van der Waals surface area contributed by atoms with Gasteiger partial charge in [-0.05, 0) is 36.6 Å². The summed E-state index contributed by atoms with van der Waals surface area (Å²) in [5.74, 6) is -0.114. The normalized spacial score (nSPS) is 16.0. The molecule has 1 aliphatic carbocycles. The van der Waals surface area contributed by atoms with Crippen LogP contribution in [0.1, 0.15) is 30.5 Å². The summed E-state index contributed by atoms with van der Waals surface area (Å²) in [6.07, 6.45) is 7.79. The van der Waals surface area contributed by atoms with E-state index >= 15 is 0 Å². The van der Waals surface area contributed by atoms with Gasteiger partial charge in [-0.1, -0.05) is 18.6 Å². The molecule has 0 spiro atoms. The van der Waals surface area contributed by atoms with Gasteiger partial charge in [0.15, 0.2) is 0 Å². The summed E-state index contributed by atoms with van der Waals surface area (Å²) in [4.78, 5) is 26.1. The van der Waals surface area contributed by atoms with Crippen LogP contribution in [0.25, 0.3) is 0 Å². The van der Waals surface area contributed by atoms with Crippen LogP contribution >= 0.6 is 0 Å². The molecule has 2 aromatic rings. The summed E-state index contributed by atoms with van der Waals surface area (Å²) in [7, 11) is 0. The maximum atomic E-state index is 12.4. The average molecular weight is 283 g/mol. The molecule has 0 saturated heterocycles. The van der Waals surface area contributed by atoms with E-state index in [-0.39, 0.29) is 5.91 Å². The molecule has 0 aliphatic heterocycles. The fourth-order valence-corrected chi connectivity index (χ4v) is 2.54. The number of hydrogen-bond donors (Lipinski definition) is 1. The van der Waals surface area contributed by atoms with Gasteiger partial charge in [0.1, 0.15) is 6.61 Å². The van der Waals surface area contributed by atoms with Gasteiger partial charge in [0.2, 0.25) is 0 Å². The molecular formula is C16H17N3O2. The van der Waals surface area contributed by atoms with E-state index < -0.39 is 5.41 Å². The molecule has 0 radical (unpaired) electrons. The molecule has 108 valence electrons. The highest BCUT2D eigenvalue weighted by atomic mass is 16.6. The van der Waals surface area contributed by atoms with Crippen LogP contribution in [0.3, 0.4) is 0 Å². The number of aromatic nitrogens is 2. The van der Waals surface area contributed by atoms with E-state index in [0.29, 0.717) is 6.61 Å². The van der Waals surface area contributed by atoms with Crippen molar-refractivity contribution >= 4 is 5.91 Å². The number of rotatable bonds is 5. The zero-order chi connectivity index (χ0) is 14.5. The van der Waals surface area contributed by atoms with Gasteiger partial charge < -0.3 is 0 Å². The lowest BCUT2D eigenvalue weighted by molar-refractivity contribution is -0.144. The minimum Gasteiger partial charge on any atom is -0.272 e. The first kappa shape index (κ1) is 13.7. The highest BCUT2D eigenvalue weighted by Crippen LogP contribution is 2.42. The van der Waals surface area contributed by atoms with E-state index in [1.54, 1.807) is 18.6 Å². The summed E-state index contributed by atoms with van der Waals surface area (Å²) in [6.45, 7) is 0.303. The van der Waals surface area contributed by atoms with Crippen molar-refractivity contribution in [2.45, 2.75) is 31.3 Å². The number of hydrogen-bond acceptors (Lipinski definition) is 4. The quantitative estimate of drug-likeness (QED) is 0.854. The fourth-order valence-electron chi connectivity index (χ4n) is 2.54. The molecule has 5 heteroatoms. The second kappa shape index (κ2) is 6.01. The van der Waals surface area contributed by atoms with Crippen LogP contribution in [0.15, 0.2) is 48.9 Å². The summed E-state index contributed by atoms with van der Waals surface area (Å²) < 4.78 is 0. The highest BCUT2D eigenvalue weighted by molar-refractivity contribution is 5.87. The fraction of sp³-hybridized carbons (Fsp3) is 0.312. The SMILES string of the molecule is O=C(NOCc1cccnc1)C1(c2ccccn2)CCC1. The lowest BCUT2D eigenvalue weighted by Crippen LogP contribution is -2.49. The lowest BCUT2D eigenvalue weighted by Gasteiger charge is -2.39. The van der Waals surface area contributed by atoms with Crippen LogP contribution < -0.4 is 5.48 Å². The molecule has 0 unspecified atom stereocenters. The number of pyridine rings is 2. The Hall–Kier alpha value is -2.27. The largest absolute Gasteiger partial charge is 0.272 e. The van der Waals surface area contributed by atoms with Crippen LogP contribution in [0.5, 0.6) is 0 Å². The molecule has 2 heterocycles. The number of carbonyl (C=O) groups is 1. The van der Waals surface area contributed by atoms with E-state index in [1.807, 2.05) is 30.3 Å². The van der Waals surface area contributed by atoms with Crippen LogP contribution in [-0.4, -0.2) is 15.9 Å². The van der Waals surface area contributed by atoms with Crippen molar-refractivity contribution in [3.63, 3.8) is 0 Å². The third kappa shape index (κ3) is 2.78. The highest BCUT2D eigenvalue weighted by Gasteiger charge is 2.47. The van der Waals surface area contributed by atoms with Crippen molar-refractivity contribution in [3.05, 3.63) is 60.2 Å². The molecular weight excluding hydrogens is 266 g/mol. The predicted molar refractivity (Wildman–Crippen MR) is 76.9 cm³/mol. The van der Waals surface area contributed by atoms with Gasteiger partial charge in [-0.3, -0.25) is 19.6 Å². The van der Waals surface area contributed by atoms with Crippen molar-refractivity contribution in [2.75, 3.05) is 0 Å². The van der Waals surface area contributed by atoms with Gasteiger partial charge in [-0.2, -0.15) is 0 Å². The summed E-state index contributed by atoms with van der Waals surface area (Å²) in [5, 5.41) is 0. The topological polar surface area (TPSA) is 64.1 Å². The molecule has 2 aromatic heterocycles. The number of amides is 1. The summed E-state index contributed by atoms with van der Waals surface area (Å²) >= 11 is 0. The van der Waals surface area contributed by atoms with Gasteiger partial charge in [0.25, 0.3) is 5.91 Å². The molecule has 3 rings (SSSR count). The Morgan fingerprint density at radius 1 is 1.24 bits per heavy atom. The number of nitrogens with one attached hydrogen (secondary N) is 1. The van der Waals surface area contributed by atoms with Crippen molar-refractivity contribution in [1.29, 1.82) is 0 Å². The molecule has 1 aliphatic rings. The molecule has 21 heavy (non-hydrogen) atoms. The molecule has 5 nitrogen and oxygen atoms in total. The Bertz CT molecular complexity index is 597. The standard InChI is InChI=1S/C16H17N3O2/c20-15(19-21-12-13-5-3-9-17-11-13)16(7-4-8-16)14-6-1-2-10-18-14/h1-3,5-6,9-11H,4,7-8,12H2,(H,19,20). The first-order valence-corrected chi connectivity index (χ1v) is 7.04. The van der Waals surface area contributed by atoms with Crippen LogP contribution in [0, 0.1) is 0 Å². The van der Waals surface area contributed by atoms with Crippen LogP contribution in [0.4, 0.5) is 0 Å². The zero-order valence-electron chi connectivity index (χ0n) is 11.7. The molecule has 0 atom stereocenters. The molecule has 1 N–H and O–H groups in total. The first-order valence-electron chi connectivity index (χ1n) is 7.04. The van der Waals surface area contributed by atoms with Gasteiger partial charge in [-0.25, -0.2) is 5.48 Å². The van der Waals surface area contributed by atoms with E-state index in [2.05, 4.69) is 15.4 Å². The third-order valence-electron chi connectivity index (χ3n) is 3.92. The second-order valence-corrected chi connectivity index (χ2v) is 5.23. The molecule has 0 bridgehead atoms. The zero-order valence-corrected chi connectivity index (χ0v) is 11.7. The maximum absolute atomic E-state index is 12.4. The monoisotopic (exact) mass is 283 g/mol. The molecule has 1 amide bonds. The van der Waals surface area contributed by atoms with Gasteiger partial charge in [-0.15, -0.1) is 0 Å². The van der Waals surface area contributed by atoms with E-state index in [9.17, 15) is 4.79 Å². The van der Waals surface area contributed by atoms with Gasteiger partial charge >= 0.3 is 0 Å². The Kier molecular flexibility index (Phi) is 3.92. The molecule has 1 fully saturated rings. The van der Waals surface area contributed by atoms with Gasteiger partial charge in [0, 0.05) is 18.6 Å². The Balaban J connectivity index is 1.62. The number of carbonyl (C=O) groups excluding carboxylic acids is 1. The van der Waals surface area contributed by atoms with E-state index in [0.717, 1.165) is 30.5 Å². The van der Waals surface area contributed by atoms with Crippen LogP contribution in [0.2, 0.25) is 0 Å². The lowest BCUT2D eigenvalue weighted by atomic mass is 9.66. The Morgan fingerprint density at radius 3 is 2.76 bits per heavy atom. The number of hydroxylamine groups is 1. The van der Waals surface area contributed by atoms with Crippen LogP contribution in [-0.2, 0) is 21.7 Å². The van der Waals surface area contributed by atoms with E-state index in [1.165, 1.54) is 0 Å². The molecule has 1 saturated carbocycles. The average Bonchev–Trinajstić information content (AvgIpc) is 2.48. The summed E-state index contributed by atoms with van der Waals surface area (Å²) in [5.41, 5.74) is 3.77. The van der Waals surface area contributed by atoms with Crippen molar-refractivity contribution < 1.29 is 9.63 Å². The minimum absolute atomic E-state index is 0.114. The number of nitrogens with zero attached hydrogens (tertiary/aromatic N) is 2. The Labute approximate surface area is 123 Å². The third-order valence-corrected chi connectivity index (χ3v) is 3.92. The van der Waals surface area contributed by atoms with Crippen molar-refractivity contribution in [2.24, 2.45) is 0 Å². The van der Waals surface area contributed by atoms with Crippen molar-refractivity contribution in [1.82, 2.24) is 15.4 Å². The summed E-state index contributed by atoms with van der Waals surface area (Å²) in [6, 6.07) is 9.40. The van der Waals surface area contributed by atoms with E-state index in [4.69, 9.17) is 4.84 Å². The Morgan fingerprint density at radius 2 is 2.14 bits per heavy atom.